The summed E-state index contributed by atoms with van der Waals surface area (Å²) in [5, 5.41) is 4.11. The molecular weight excluding hydrogens is 338 g/mol. The van der Waals surface area contributed by atoms with Gasteiger partial charge >= 0.3 is 0 Å². The van der Waals surface area contributed by atoms with E-state index in [1.807, 2.05) is 35.2 Å². The summed E-state index contributed by atoms with van der Waals surface area (Å²) in [6, 6.07) is 18.4. The first-order valence-corrected chi connectivity index (χ1v) is 9.47. The van der Waals surface area contributed by atoms with Gasteiger partial charge in [0.2, 0.25) is 17.6 Å². The lowest BCUT2D eigenvalue weighted by Gasteiger charge is -2.15. The van der Waals surface area contributed by atoms with Crippen molar-refractivity contribution in [3.63, 3.8) is 0 Å². The lowest BCUT2D eigenvalue weighted by molar-refractivity contribution is -0.127. The van der Waals surface area contributed by atoms with Crippen molar-refractivity contribution < 1.29 is 9.32 Å². The number of rotatable bonds is 6. The molecule has 1 aliphatic heterocycles. The Morgan fingerprint density at radius 2 is 1.85 bits per heavy atom. The van der Waals surface area contributed by atoms with Gasteiger partial charge in [0.15, 0.2) is 0 Å². The molecule has 138 valence electrons. The quantitative estimate of drug-likeness (QED) is 0.669. The van der Waals surface area contributed by atoms with Crippen molar-refractivity contribution in [1.82, 2.24) is 15.0 Å². The highest BCUT2D eigenvalue weighted by molar-refractivity contribution is 5.79. The lowest BCUT2D eigenvalue weighted by atomic mass is 10.1. The zero-order chi connectivity index (χ0) is 18.6. The van der Waals surface area contributed by atoms with Crippen molar-refractivity contribution in [1.29, 1.82) is 0 Å². The van der Waals surface area contributed by atoms with Crippen molar-refractivity contribution in [2.45, 2.75) is 32.1 Å². The predicted molar refractivity (Wildman–Crippen MR) is 103 cm³/mol. The zero-order valence-electron chi connectivity index (χ0n) is 15.5. The molecule has 5 nitrogen and oxygen atoms in total. The molecule has 1 fully saturated rings. The minimum atomic E-state index is -0.0237. The number of benzene rings is 2. The molecule has 5 heteroatoms. The van der Waals surface area contributed by atoms with E-state index < -0.39 is 0 Å². The van der Waals surface area contributed by atoms with Crippen molar-refractivity contribution in [2.24, 2.45) is 0 Å². The first-order valence-electron chi connectivity index (χ1n) is 9.47. The van der Waals surface area contributed by atoms with E-state index in [1.54, 1.807) is 0 Å². The van der Waals surface area contributed by atoms with Crippen LogP contribution >= 0.6 is 0 Å². The minimum Gasteiger partial charge on any atom is -0.342 e. The van der Waals surface area contributed by atoms with Gasteiger partial charge in [-0.1, -0.05) is 66.7 Å². The van der Waals surface area contributed by atoms with Crippen LogP contribution in [0.5, 0.6) is 0 Å². The molecule has 1 atom stereocenters. The van der Waals surface area contributed by atoms with Crippen molar-refractivity contribution in [2.75, 3.05) is 13.1 Å². The van der Waals surface area contributed by atoms with E-state index >= 15 is 0 Å². The van der Waals surface area contributed by atoms with E-state index in [0.29, 0.717) is 24.7 Å². The third kappa shape index (κ3) is 3.92. The van der Waals surface area contributed by atoms with Crippen LogP contribution in [0.25, 0.3) is 11.4 Å². The highest BCUT2D eigenvalue weighted by Crippen LogP contribution is 2.29. The van der Waals surface area contributed by atoms with Crippen LogP contribution in [-0.2, 0) is 17.6 Å². The van der Waals surface area contributed by atoms with Gasteiger partial charge in [0.05, 0.1) is 5.92 Å². The summed E-state index contributed by atoms with van der Waals surface area (Å²) in [7, 11) is 0. The van der Waals surface area contributed by atoms with E-state index in [9.17, 15) is 4.79 Å². The SMILES string of the molecule is CCc1ccc(-c2noc(C3CC(=O)N(CCc4ccccc4)C3)n2)cc1. The average molecular weight is 361 g/mol. The van der Waals surface area contributed by atoms with Gasteiger partial charge in [-0.25, -0.2) is 0 Å². The fourth-order valence-electron chi connectivity index (χ4n) is 3.47. The van der Waals surface area contributed by atoms with E-state index in [1.165, 1.54) is 11.1 Å². The summed E-state index contributed by atoms with van der Waals surface area (Å²) in [4.78, 5) is 18.8. The Hall–Kier alpha value is -2.95. The number of aryl methyl sites for hydroxylation is 1. The second-order valence-corrected chi connectivity index (χ2v) is 6.98. The van der Waals surface area contributed by atoms with Crippen molar-refractivity contribution >= 4 is 5.91 Å². The maximum absolute atomic E-state index is 12.4. The van der Waals surface area contributed by atoms with Gasteiger partial charge in [0.25, 0.3) is 0 Å². The highest BCUT2D eigenvalue weighted by atomic mass is 16.5. The zero-order valence-corrected chi connectivity index (χ0v) is 15.5. The van der Waals surface area contributed by atoms with Gasteiger partial charge in [-0.15, -0.1) is 0 Å². The number of aromatic nitrogens is 2. The molecule has 2 heterocycles. The smallest absolute Gasteiger partial charge is 0.232 e. The Morgan fingerprint density at radius 3 is 2.59 bits per heavy atom. The molecule has 0 radical (unpaired) electrons. The number of amides is 1. The van der Waals surface area contributed by atoms with Crippen LogP contribution in [-0.4, -0.2) is 34.0 Å². The highest BCUT2D eigenvalue weighted by Gasteiger charge is 2.34. The van der Waals surface area contributed by atoms with Crippen LogP contribution in [0.15, 0.2) is 59.1 Å². The van der Waals surface area contributed by atoms with Gasteiger partial charge in [-0.05, 0) is 24.0 Å². The summed E-state index contributed by atoms with van der Waals surface area (Å²) >= 11 is 0. The molecule has 3 aromatic rings. The minimum absolute atomic E-state index is 0.0237. The Kier molecular flexibility index (Phi) is 5.01. The number of likely N-dealkylation sites (tertiary alicyclic amines) is 1. The van der Waals surface area contributed by atoms with Crippen LogP contribution in [0.1, 0.15) is 36.3 Å². The molecule has 1 unspecified atom stereocenters. The van der Waals surface area contributed by atoms with Crippen LogP contribution < -0.4 is 0 Å². The van der Waals surface area contributed by atoms with E-state index in [4.69, 9.17) is 4.52 Å². The van der Waals surface area contributed by atoms with Gasteiger partial charge in [-0.3, -0.25) is 4.79 Å². The molecule has 0 N–H and O–H groups in total. The fraction of sp³-hybridized carbons (Fsp3) is 0.318. The lowest BCUT2D eigenvalue weighted by Crippen LogP contribution is -2.27. The number of carbonyl (C=O) groups is 1. The number of nitrogens with zero attached hydrogens (tertiary/aromatic N) is 3. The summed E-state index contributed by atoms with van der Waals surface area (Å²) in [5.41, 5.74) is 3.45. The Balaban J connectivity index is 1.40. The fourth-order valence-corrected chi connectivity index (χ4v) is 3.47. The second-order valence-electron chi connectivity index (χ2n) is 6.98. The second kappa shape index (κ2) is 7.74. The molecular formula is C22H23N3O2. The molecule has 0 spiro atoms. The largest absolute Gasteiger partial charge is 0.342 e. The monoisotopic (exact) mass is 361 g/mol. The molecule has 1 aromatic heterocycles. The Morgan fingerprint density at radius 1 is 1.07 bits per heavy atom. The predicted octanol–water partition coefficient (Wildman–Crippen LogP) is 3.86. The summed E-state index contributed by atoms with van der Waals surface area (Å²) in [5.74, 6) is 1.27. The molecule has 1 saturated heterocycles. The van der Waals surface area contributed by atoms with Crippen LogP contribution in [0.4, 0.5) is 0 Å². The Labute approximate surface area is 159 Å². The topological polar surface area (TPSA) is 59.2 Å². The van der Waals surface area contributed by atoms with Crippen LogP contribution in [0.3, 0.4) is 0 Å². The standard InChI is InChI=1S/C22H23N3O2/c1-2-16-8-10-18(11-9-16)21-23-22(27-24-21)19-14-20(26)25(15-19)13-12-17-6-4-3-5-7-17/h3-11,19H,2,12-15H2,1H3. The van der Waals surface area contributed by atoms with E-state index in [2.05, 4.69) is 41.3 Å². The number of hydrogen-bond acceptors (Lipinski definition) is 4. The first-order chi connectivity index (χ1) is 13.2. The molecule has 1 amide bonds. The maximum atomic E-state index is 12.4. The Bertz CT molecular complexity index is 903. The molecule has 0 bridgehead atoms. The average Bonchev–Trinajstić information content (AvgIpc) is 3.34. The third-order valence-electron chi connectivity index (χ3n) is 5.14. The first kappa shape index (κ1) is 17.5. The van der Waals surface area contributed by atoms with Crippen molar-refractivity contribution in [3.05, 3.63) is 71.6 Å². The molecule has 0 aliphatic carbocycles. The molecule has 0 saturated carbocycles. The van der Waals surface area contributed by atoms with Gasteiger partial charge < -0.3 is 9.42 Å². The molecule has 2 aromatic carbocycles. The molecule has 1 aliphatic rings. The van der Waals surface area contributed by atoms with Gasteiger partial charge in [-0.2, -0.15) is 4.98 Å². The van der Waals surface area contributed by atoms with E-state index in [-0.39, 0.29) is 11.8 Å². The van der Waals surface area contributed by atoms with Crippen LogP contribution in [0.2, 0.25) is 0 Å². The maximum Gasteiger partial charge on any atom is 0.232 e. The third-order valence-corrected chi connectivity index (χ3v) is 5.14. The van der Waals surface area contributed by atoms with Gasteiger partial charge in [0.1, 0.15) is 0 Å². The number of carbonyl (C=O) groups excluding carboxylic acids is 1. The number of hydrogen-bond donors (Lipinski definition) is 0. The van der Waals surface area contributed by atoms with Crippen molar-refractivity contribution in [3.8, 4) is 11.4 Å². The summed E-state index contributed by atoms with van der Waals surface area (Å²) in [6.45, 7) is 3.49. The molecule has 27 heavy (non-hydrogen) atoms. The summed E-state index contributed by atoms with van der Waals surface area (Å²) < 4.78 is 5.48. The van der Waals surface area contributed by atoms with Gasteiger partial charge in [0, 0.05) is 25.1 Å². The summed E-state index contributed by atoms with van der Waals surface area (Å²) in [6.07, 6.45) is 2.30. The molecule has 4 rings (SSSR count). The van der Waals surface area contributed by atoms with Crippen LogP contribution in [0, 0.1) is 0 Å². The van der Waals surface area contributed by atoms with E-state index in [0.717, 1.165) is 24.9 Å². The normalized spacial score (nSPS) is 16.9.